The van der Waals surface area contributed by atoms with Crippen LogP contribution in [0.4, 0.5) is 4.79 Å². The number of nitrogens with zero attached hydrogens (tertiary/aromatic N) is 3. The molecule has 0 aromatic carbocycles. The summed E-state index contributed by atoms with van der Waals surface area (Å²) < 4.78 is 56.3. The minimum absolute atomic E-state index is 0.0239. The van der Waals surface area contributed by atoms with Crippen LogP contribution in [0.1, 0.15) is 179 Å². The zero-order valence-electron chi connectivity index (χ0n) is 61.8. The summed E-state index contributed by atoms with van der Waals surface area (Å²) in [6.07, 6.45) is -0.0544. The molecular weight excluding hydrogens is 1390 g/mol. The van der Waals surface area contributed by atoms with Crippen LogP contribution in [0.15, 0.2) is 29.4 Å². The predicted molar refractivity (Wildman–Crippen MR) is 392 cm³/mol. The Morgan fingerprint density at radius 1 is 0.600 bits per heavy atom. The van der Waals surface area contributed by atoms with E-state index in [0.29, 0.717) is 40.0 Å². The molecule has 1 aromatic heterocycles. The van der Waals surface area contributed by atoms with E-state index < -0.39 is 123 Å². The molecule has 7 unspecified atom stereocenters. The van der Waals surface area contributed by atoms with E-state index in [4.69, 9.17) is 71.3 Å². The second-order valence-corrected chi connectivity index (χ2v) is 34.0. The average Bonchev–Trinajstić information content (AvgIpc) is 0.757. The molecule has 0 aliphatic rings. The normalized spacial score (nSPS) is 15.8. The van der Waals surface area contributed by atoms with Crippen LogP contribution < -0.4 is 5.32 Å². The van der Waals surface area contributed by atoms with Crippen molar-refractivity contribution >= 4 is 115 Å². The number of aromatic nitrogens is 1. The van der Waals surface area contributed by atoms with E-state index in [-0.39, 0.29) is 142 Å². The Balaban J connectivity index is 4.45. The Hall–Kier alpha value is -4.84. The first-order valence-corrected chi connectivity index (χ1v) is 38.5. The first-order valence-electron chi connectivity index (χ1n) is 34.0. The van der Waals surface area contributed by atoms with Crippen molar-refractivity contribution in [2.24, 2.45) is 27.1 Å². The van der Waals surface area contributed by atoms with Crippen LogP contribution in [0.2, 0.25) is 0 Å². The molecule has 0 bridgehead atoms. The number of likely N-dealkylation sites (N-methyl/N-ethyl adjacent to an activating group) is 1. The zero-order chi connectivity index (χ0) is 75.7. The van der Waals surface area contributed by atoms with Crippen LogP contribution in [0.3, 0.4) is 0 Å². The number of carbonyl (C=O) groups excluding carboxylic acids is 7. The summed E-state index contributed by atoms with van der Waals surface area (Å²) in [5, 5.41) is 23.5. The molecule has 1 amide bonds. The molecule has 25 nitrogen and oxygen atoms in total. The van der Waals surface area contributed by atoms with Gasteiger partial charge in [0, 0.05) is 71.4 Å². The van der Waals surface area contributed by atoms with Gasteiger partial charge in [0.25, 0.3) is 0 Å². The van der Waals surface area contributed by atoms with E-state index in [2.05, 4.69) is 15.1 Å². The molecule has 100 heavy (non-hydrogen) atoms. The maximum absolute atomic E-state index is 15.7. The van der Waals surface area contributed by atoms with Gasteiger partial charge in [0.2, 0.25) is 5.54 Å². The highest BCUT2D eigenvalue weighted by Gasteiger charge is 2.59. The fraction of sp³-hybridized carbons (Fsp3) is 0.771. The van der Waals surface area contributed by atoms with Gasteiger partial charge >= 0.3 is 47.9 Å². The van der Waals surface area contributed by atoms with Crippen LogP contribution in [-0.2, 0) is 85.7 Å². The van der Waals surface area contributed by atoms with Crippen molar-refractivity contribution in [3.8, 4) is 0 Å². The van der Waals surface area contributed by atoms with Crippen molar-refractivity contribution in [1.29, 1.82) is 0 Å². The molecule has 0 spiro atoms. The number of ether oxygens (including phenoxy) is 10. The summed E-state index contributed by atoms with van der Waals surface area (Å²) in [6.45, 7) is 28.2. The number of aliphatic carboxylic acids is 2. The number of carboxylic acid groups (broad SMARTS) is 2. The third-order valence-electron chi connectivity index (χ3n) is 16.0. The van der Waals surface area contributed by atoms with Crippen molar-refractivity contribution in [1.82, 2.24) is 15.2 Å². The lowest BCUT2D eigenvalue weighted by atomic mass is 9.58. The number of nitrogens with one attached hydrogen (secondary N) is 1. The Morgan fingerprint density at radius 3 is 1.62 bits per heavy atom. The molecule has 0 radical (unpaired) electrons. The van der Waals surface area contributed by atoms with Gasteiger partial charge in [0.1, 0.15) is 51.1 Å². The molecule has 0 fully saturated rings. The SMILES string of the molecule is [C-]#[N+]C(C)(CCC(=O)CCCOCCOCCC(=O)O)CC(C)(CC(C)(CC(C)(CC(C)(CC(C)(CC(CCC)(SC(=S)SCC)C(=O)O)C(=O)OCCCC)C(=O)OCCN(C)C)C(=O)OCCOC)C(=O)OCCOCCNC(=O)OC(C)(C)C)C(=O)OCCSSc1ccccn1. The van der Waals surface area contributed by atoms with E-state index in [1.807, 2.05) is 32.9 Å². The fourth-order valence-corrected chi connectivity index (χ4v) is 16.8. The number of hydrogen-bond donors (Lipinski definition) is 3. The van der Waals surface area contributed by atoms with Crippen molar-refractivity contribution in [3.05, 3.63) is 35.8 Å². The molecule has 7 atom stereocenters. The third kappa shape index (κ3) is 36.5. The second-order valence-electron chi connectivity index (χ2n) is 27.8. The Kier molecular flexibility index (Phi) is 44.3. The first kappa shape index (κ1) is 93.2. The van der Waals surface area contributed by atoms with Gasteiger partial charge in [-0.3, -0.25) is 38.4 Å². The molecule has 3 N–H and O–H groups in total. The number of carboxylic acids is 2. The highest BCUT2D eigenvalue weighted by atomic mass is 33.1. The summed E-state index contributed by atoms with van der Waals surface area (Å²) in [6, 6.07) is 5.44. The number of pyridine rings is 1. The Bertz CT molecular complexity index is 2760. The molecule has 0 aliphatic carbocycles. The minimum atomic E-state index is -2.01. The molecule has 0 aliphatic heterocycles. The van der Waals surface area contributed by atoms with E-state index >= 15 is 24.0 Å². The highest BCUT2D eigenvalue weighted by Crippen LogP contribution is 2.55. The van der Waals surface area contributed by atoms with E-state index in [1.165, 1.54) is 61.2 Å². The van der Waals surface area contributed by atoms with Crippen LogP contribution >= 0.6 is 57.3 Å². The lowest BCUT2D eigenvalue weighted by Gasteiger charge is -2.46. The molecule has 0 saturated carbocycles. The lowest BCUT2D eigenvalue weighted by Crippen LogP contribution is -2.51. The first-order chi connectivity index (χ1) is 46.9. The van der Waals surface area contributed by atoms with Crippen molar-refractivity contribution in [3.63, 3.8) is 0 Å². The van der Waals surface area contributed by atoms with Gasteiger partial charge in [-0.1, -0.05) is 74.5 Å². The fourth-order valence-electron chi connectivity index (χ4n) is 11.9. The zero-order valence-corrected chi connectivity index (χ0v) is 65.8. The molecule has 1 aromatic rings. The molecule has 1 rings (SSSR count). The monoisotopic (exact) mass is 1510 g/mol. The number of carbonyl (C=O) groups is 9. The number of rotatable bonds is 55. The number of amides is 1. The van der Waals surface area contributed by atoms with E-state index in [1.54, 1.807) is 72.8 Å². The van der Waals surface area contributed by atoms with Crippen LogP contribution in [0.25, 0.3) is 4.85 Å². The molecule has 0 saturated heterocycles. The Labute approximate surface area is 615 Å². The van der Waals surface area contributed by atoms with E-state index in [9.17, 15) is 24.3 Å². The van der Waals surface area contributed by atoms with E-state index in [0.717, 1.165) is 11.8 Å². The summed E-state index contributed by atoms with van der Waals surface area (Å²) in [7, 11) is 7.69. The number of ketones is 1. The molecule has 30 heteroatoms. The van der Waals surface area contributed by atoms with Gasteiger partial charge in [-0.2, -0.15) is 0 Å². The smallest absolute Gasteiger partial charge is 0.407 e. The van der Waals surface area contributed by atoms with Gasteiger partial charge < -0.3 is 72.6 Å². The maximum atomic E-state index is 15.7. The van der Waals surface area contributed by atoms with Crippen molar-refractivity contribution < 1.29 is 101 Å². The predicted octanol–water partition coefficient (Wildman–Crippen LogP) is 12.2. The lowest BCUT2D eigenvalue weighted by molar-refractivity contribution is -0.176. The quantitative estimate of drug-likeness (QED) is 0.0136. The van der Waals surface area contributed by atoms with Crippen molar-refractivity contribution in [2.45, 2.75) is 200 Å². The molecular formula is C70H114N4O21S5. The summed E-state index contributed by atoms with van der Waals surface area (Å²) in [4.78, 5) is 138. The highest BCUT2D eigenvalue weighted by molar-refractivity contribution is 8.76. The largest absolute Gasteiger partial charge is 0.481 e. The second kappa shape index (κ2) is 47.5. The number of unbranched alkanes of at least 4 members (excludes halogenated alkanes) is 1. The minimum Gasteiger partial charge on any atom is -0.481 e. The van der Waals surface area contributed by atoms with Gasteiger partial charge in [0.05, 0.1) is 79.7 Å². The number of Topliss-reactive ketones (excluding diaryl/α,β-unsaturated/α-hetero) is 1. The molecule has 570 valence electrons. The molecule has 1 heterocycles. The average molecular weight is 1510 g/mol. The number of thiocarbonyl (C=S) groups is 1. The van der Waals surface area contributed by atoms with Crippen LogP contribution in [0, 0.1) is 33.6 Å². The maximum Gasteiger partial charge on any atom is 0.407 e. The summed E-state index contributed by atoms with van der Waals surface area (Å²) >= 11 is 7.99. The number of methoxy groups -OCH3 is 1. The number of hydrogen-bond acceptors (Lipinski definition) is 26. The van der Waals surface area contributed by atoms with Gasteiger partial charge in [-0.25, -0.2) is 16.4 Å². The van der Waals surface area contributed by atoms with Crippen molar-refractivity contribution in [2.75, 3.05) is 125 Å². The van der Waals surface area contributed by atoms with Gasteiger partial charge in [-0.15, -0.1) is 11.8 Å². The number of esters is 5. The van der Waals surface area contributed by atoms with Crippen LogP contribution in [-0.4, -0.2) is 218 Å². The summed E-state index contributed by atoms with van der Waals surface area (Å²) in [5.41, 5.74) is -11.8. The number of thioether (sulfide) groups is 2. The standard InChI is InChI=1S/C70H114N4O21S5/c1-17-20-34-90-60(84)68(11,51-70(28-18-2,55(78)79)99-62(96)97-19-3)49-66(9,56(80)91-37-32-74(14)15)47-64(7,57(81)92-42-38-86-16)46-65(8,58(82)93-43-41-89-36-31-73-61(85)95-63(4,5)6)48-67(10,59(83)94-44-45-98-100-53-25-21-22-30-72-53)50-69(12,71-13)29-26-52(75)24-23-33-87-39-40-88-35-27-54(76)77/h21-22,25,30H,17-20,23-24,26-29,31-51H2,1-12,14-16H3,(H,73,85)(H,76,77)(H,78,79). The summed E-state index contributed by atoms with van der Waals surface area (Å²) in [5.74, 6) is -5.97. The topological polar surface area (TPSA) is 319 Å². The van der Waals surface area contributed by atoms with Crippen LogP contribution in [0.5, 0.6) is 0 Å². The Morgan fingerprint density at radius 2 is 1.12 bits per heavy atom. The third-order valence-corrected chi connectivity index (χ3v) is 21.0. The number of alkyl carbamates (subject to hydrolysis) is 1. The van der Waals surface area contributed by atoms with Gasteiger partial charge in [-0.05, 0) is 150 Å². The van der Waals surface area contributed by atoms with Gasteiger partial charge in [0.15, 0.2) is 0 Å².